The van der Waals surface area contributed by atoms with E-state index in [-0.39, 0.29) is 0 Å². The van der Waals surface area contributed by atoms with Gasteiger partial charge >= 0.3 is 0 Å². The van der Waals surface area contributed by atoms with Gasteiger partial charge in [-0.3, -0.25) is 0 Å². The second-order valence-electron chi connectivity index (χ2n) is 5.54. The van der Waals surface area contributed by atoms with Gasteiger partial charge in [0.2, 0.25) is 0 Å². The van der Waals surface area contributed by atoms with Gasteiger partial charge in [-0.15, -0.1) is 0 Å². The summed E-state index contributed by atoms with van der Waals surface area (Å²) in [6.45, 7) is 3.30. The molecule has 110 valence electrons. The lowest BCUT2D eigenvalue weighted by Crippen LogP contribution is -2.33. The second kappa shape index (κ2) is 7.14. The van der Waals surface area contributed by atoms with Gasteiger partial charge in [0.25, 0.3) is 0 Å². The van der Waals surface area contributed by atoms with Crippen molar-refractivity contribution in [3.8, 4) is 11.5 Å². The van der Waals surface area contributed by atoms with Gasteiger partial charge < -0.3 is 15.4 Å². The lowest BCUT2D eigenvalue weighted by molar-refractivity contribution is 0.393. The van der Waals surface area contributed by atoms with Gasteiger partial charge in [-0.1, -0.05) is 24.3 Å². The third-order valence-corrected chi connectivity index (χ3v) is 3.81. The van der Waals surface area contributed by atoms with E-state index in [1.807, 2.05) is 42.5 Å². The average Bonchev–Trinajstić information content (AvgIpc) is 2.55. The molecule has 1 atom stereocenters. The van der Waals surface area contributed by atoms with Crippen LogP contribution in [0.5, 0.6) is 11.5 Å². The zero-order chi connectivity index (χ0) is 14.3. The topological polar surface area (TPSA) is 33.3 Å². The minimum absolute atomic E-state index is 0.720. The largest absolute Gasteiger partial charge is 0.457 e. The van der Waals surface area contributed by atoms with Gasteiger partial charge in [0.1, 0.15) is 11.5 Å². The Morgan fingerprint density at radius 1 is 1.05 bits per heavy atom. The summed E-state index contributed by atoms with van der Waals surface area (Å²) < 4.78 is 5.86. The second-order valence-corrected chi connectivity index (χ2v) is 5.54. The summed E-state index contributed by atoms with van der Waals surface area (Å²) >= 11 is 0. The number of ether oxygens (including phenoxy) is 1. The van der Waals surface area contributed by atoms with E-state index in [9.17, 15) is 0 Å². The van der Waals surface area contributed by atoms with Crippen molar-refractivity contribution in [2.75, 3.05) is 25.0 Å². The average molecular weight is 282 g/mol. The fourth-order valence-electron chi connectivity index (χ4n) is 2.65. The van der Waals surface area contributed by atoms with Gasteiger partial charge in [0, 0.05) is 18.3 Å². The maximum Gasteiger partial charge on any atom is 0.129 e. The van der Waals surface area contributed by atoms with E-state index < -0.39 is 0 Å². The molecule has 0 amide bonds. The molecule has 2 N–H and O–H groups in total. The lowest BCUT2D eigenvalue weighted by Gasteiger charge is -2.23. The first-order valence-electron chi connectivity index (χ1n) is 7.68. The van der Waals surface area contributed by atoms with Crippen molar-refractivity contribution < 1.29 is 4.74 Å². The first-order chi connectivity index (χ1) is 10.4. The van der Waals surface area contributed by atoms with Crippen molar-refractivity contribution in [3.63, 3.8) is 0 Å². The number of piperidine rings is 1. The van der Waals surface area contributed by atoms with Crippen LogP contribution in [0.15, 0.2) is 54.6 Å². The predicted octanol–water partition coefficient (Wildman–Crippen LogP) is 3.89. The van der Waals surface area contributed by atoms with Crippen LogP contribution < -0.4 is 15.4 Å². The molecule has 2 aromatic rings. The number of nitrogens with one attached hydrogen (secondary N) is 2. The van der Waals surface area contributed by atoms with E-state index in [1.54, 1.807) is 0 Å². The summed E-state index contributed by atoms with van der Waals surface area (Å²) in [5.41, 5.74) is 1.12. The fraction of sp³-hybridized carbons (Fsp3) is 0.333. The van der Waals surface area contributed by atoms with Gasteiger partial charge in [-0.25, -0.2) is 0 Å². The maximum absolute atomic E-state index is 5.86. The highest BCUT2D eigenvalue weighted by Gasteiger charge is 2.12. The van der Waals surface area contributed by atoms with E-state index in [1.165, 1.54) is 12.8 Å². The highest BCUT2D eigenvalue weighted by atomic mass is 16.5. The zero-order valence-electron chi connectivity index (χ0n) is 12.2. The van der Waals surface area contributed by atoms with Crippen LogP contribution in [-0.2, 0) is 0 Å². The molecule has 3 nitrogen and oxygen atoms in total. The molecule has 1 heterocycles. The fourth-order valence-corrected chi connectivity index (χ4v) is 2.65. The number of para-hydroxylation sites is 1. The zero-order valence-corrected chi connectivity index (χ0v) is 12.2. The number of hydrogen-bond donors (Lipinski definition) is 2. The summed E-state index contributed by atoms with van der Waals surface area (Å²) in [6.07, 6.45) is 2.59. The van der Waals surface area contributed by atoms with Crippen LogP contribution in [-0.4, -0.2) is 19.6 Å². The van der Waals surface area contributed by atoms with Crippen molar-refractivity contribution >= 4 is 5.69 Å². The Morgan fingerprint density at radius 2 is 1.90 bits per heavy atom. The van der Waals surface area contributed by atoms with Crippen molar-refractivity contribution in [2.24, 2.45) is 5.92 Å². The molecule has 3 rings (SSSR count). The Kier molecular flexibility index (Phi) is 4.74. The molecule has 0 spiro atoms. The number of benzene rings is 2. The Balaban J connectivity index is 1.57. The molecular formula is C18H22N2O. The molecular weight excluding hydrogens is 260 g/mol. The van der Waals surface area contributed by atoms with E-state index in [2.05, 4.69) is 22.8 Å². The quantitative estimate of drug-likeness (QED) is 0.873. The molecule has 21 heavy (non-hydrogen) atoms. The van der Waals surface area contributed by atoms with Crippen molar-refractivity contribution in [1.29, 1.82) is 0 Å². The monoisotopic (exact) mass is 282 g/mol. The number of anilines is 1. The van der Waals surface area contributed by atoms with Gasteiger partial charge in [0.05, 0.1) is 0 Å². The molecule has 1 saturated heterocycles. The molecule has 1 unspecified atom stereocenters. The Hall–Kier alpha value is -2.00. The van der Waals surface area contributed by atoms with Gasteiger partial charge in [-0.2, -0.15) is 0 Å². The van der Waals surface area contributed by atoms with Crippen LogP contribution in [0.4, 0.5) is 5.69 Å². The minimum Gasteiger partial charge on any atom is -0.457 e. The van der Waals surface area contributed by atoms with Gasteiger partial charge in [-0.05, 0) is 56.1 Å². The molecule has 1 aliphatic heterocycles. The summed E-state index contributed by atoms with van der Waals surface area (Å²) in [7, 11) is 0. The summed E-state index contributed by atoms with van der Waals surface area (Å²) in [4.78, 5) is 0. The first kappa shape index (κ1) is 14.0. The third kappa shape index (κ3) is 4.23. The Labute approximate surface area is 126 Å². The summed E-state index contributed by atoms with van der Waals surface area (Å²) in [5, 5.41) is 6.97. The van der Waals surface area contributed by atoms with E-state index in [0.29, 0.717) is 0 Å². The summed E-state index contributed by atoms with van der Waals surface area (Å²) in [5.74, 6) is 2.46. The lowest BCUT2D eigenvalue weighted by atomic mass is 10.00. The molecule has 0 aromatic heterocycles. The van der Waals surface area contributed by atoms with Crippen molar-refractivity contribution in [2.45, 2.75) is 12.8 Å². The Morgan fingerprint density at radius 3 is 2.71 bits per heavy atom. The van der Waals surface area contributed by atoms with Crippen LogP contribution in [0.1, 0.15) is 12.8 Å². The molecule has 1 aliphatic rings. The molecule has 0 aliphatic carbocycles. The van der Waals surface area contributed by atoms with Crippen LogP contribution >= 0.6 is 0 Å². The molecule has 0 saturated carbocycles. The van der Waals surface area contributed by atoms with Crippen molar-refractivity contribution in [1.82, 2.24) is 5.32 Å². The van der Waals surface area contributed by atoms with Crippen LogP contribution in [0, 0.1) is 5.92 Å². The SMILES string of the molecule is c1ccc(Oc2cccc(NCC3CCCNC3)c2)cc1. The third-order valence-electron chi connectivity index (χ3n) is 3.81. The smallest absolute Gasteiger partial charge is 0.129 e. The maximum atomic E-state index is 5.86. The normalized spacial score (nSPS) is 18.2. The first-order valence-corrected chi connectivity index (χ1v) is 7.68. The highest BCUT2D eigenvalue weighted by Crippen LogP contribution is 2.24. The van der Waals surface area contributed by atoms with E-state index in [0.717, 1.165) is 42.7 Å². The van der Waals surface area contributed by atoms with E-state index >= 15 is 0 Å². The van der Waals surface area contributed by atoms with Crippen LogP contribution in [0.3, 0.4) is 0 Å². The molecule has 0 bridgehead atoms. The van der Waals surface area contributed by atoms with Gasteiger partial charge in [0.15, 0.2) is 0 Å². The summed E-state index contributed by atoms with van der Waals surface area (Å²) in [6, 6.07) is 18.0. The molecule has 0 radical (unpaired) electrons. The Bertz CT molecular complexity index is 550. The van der Waals surface area contributed by atoms with Crippen LogP contribution in [0.2, 0.25) is 0 Å². The minimum atomic E-state index is 0.720. The van der Waals surface area contributed by atoms with E-state index in [4.69, 9.17) is 4.74 Å². The predicted molar refractivity (Wildman–Crippen MR) is 87.0 cm³/mol. The molecule has 2 aromatic carbocycles. The standard InChI is InChI=1S/C18H22N2O/c1-2-8-17(9-3-1)21-18-10-4-7-16(12-18)20-14-15-6-5-11-19-13-15/h1-4,7-10,12,15,19-20H,5-6,11,13-14H2. The molecule has 1 fully saturated rings. The number of hydrogen-bond acceptors (Lipinski definition) is 3. The van der Waals surface area contributed by atoms with Crippen molar-refractivity contribution in [3.05, 3.63) is 54.6 Å². The highest BCUT2D eigenvalue weighted by molar-refractivity contribution is 5.49. The van der Waals surface area contributed by atoms with Crippen LogP contribution in [0.25, 0.3) is 0 Å². The molecule has 3 heteroatoms. The number of rotatable bonds is 5.